The Bertz CT molecular complexity index is 555. The lowest BCUT2D eigenvalue weighted by Crippen LogP contribution is -2.56. The van der Waals surface area contributed by atoms with Crippen LogP contribution in [0.15, 0.2) is 18.2 Å². The Hall–Kier alpha value is -0.575. The minimum absolute atomic E-state index is 0.124. The van der Waals surface area contributed by atoms with Crippen LogP contribution in [0.25, 0.3) is 0 Å². The molecule has 2 unspecified atom stereocenters. The molecule has 5 heteroatoms. The summed E-state index contributed by atoms with van der Waals surface area (Å²) >= 11 is 5.79. The topological polar surface area (TPSA) is 18.5 Å². The van der Waals surface area contributed by atoms with Crippen LogP contribution in [0.1, 0.15) is 33.3 Å². The van der Waals surface area contributed by atoms with Crippen molar-refractivity contribution < 1.29 is 13.8 Å². The SMILES string of the molecule is CC1[C@H](C)C12OCB(Cc1ccc(Cl)cc1F)OC2(C)C. The molecular formula is C16H21BClFO2. The standard InChI is InChI=1S/C16H21BClFO2/c1-10-11(2)16(10)15(3,4)21-17(9-20-16)8-12-5-6-13(18)7-14(12)19/h5-7,10-11H,8-9H2,1-4H3/t10-,11?,16?/m0/s1. The Morgan fingerprint density at radius 1 is 1.33 bits per heavy atom. The summed E-state index contributed by atoms with van der Waals surface area (Å²) in [6, 6.07) is 4.78. The normalized spacial score (nSPS) is 34.3. The van der Waals surface area contributed by atoms with Gasteiger partial charge in [0.15, 0.2) is 0 Å². The number of benzene rings is 1. The van der Waals surface area contributed by atoms with E-state index in [1.165, 1.54) is 6.07 Å². The Morgan fingerprint density at radius 2 is 2.00 bits per heavy atom. The minimum Gasteiger partial charge on any atom is -0.425 e. The molecule has 1 spiro atoms. The first-order chi connectivity index (χ1) is 9.78. The third-order valence-corrected chi connectivity index (χ3v) is 5.60. The highest BCUT2D eigenvalue weighted by atomic mass is 35.5. The van der Waals surface area contributed by atoms with Crippen LogP contribution in [-0.4, -0.2) is 24.6 Å². The molecule has 1 saturated heterocycles. The minimum atomic E-state index is -0.350. The molecule has 2 nitrogen and oxygen atoms in total. The van der Waals surface area contributed by atoms with E-state index in [1.807, 2.05) is 0 Å². The van der Waals surface area contributed by atoms with Gasteiger partial charge in [0.05, 0.1) is 17.7 Å². The average molecular weight is 311 g/mol. The molecule has 0 N–H and O–H groups in total. The van der Waals surface area contributed by atoms with E-state index in [1.54, 1.807) is 12.1 Å². The predicted molar refractivity (Wildman–Crippen MR) is 83.0 cm³/mol. The summed E-state index contributed by atoms with van der Waals surface area (Å²) in [4.78, 5) is 0. The van der Waals surface area contributed by atoms with Crippen molar-refractivity contribution in [1.82, 2.24) is 0 Å². The molecule has 0 bridgehead atoms. The highest BCUT2D eigenvalue weighted by molar-refractivity contribution is 6.51. The molecule has 0 amide bonds. The molecule has 2 fully saturated rings. The lowest BCUT2D eigenvalue weighted by atomic mass is 9.61. The Kier molecular flexibility index (Phi) is 3.63. The van der Waals surface area contributed by atoms with Gasteiger partial charge in [0, 0.05) is 5.02 Å². The second-order valence-electron chi connectivity index (χ2n) is 6.87. The number of hydrogen-bond donors (Lipinski definition) is 0. The fourth-order valence-corrected chi connectivity index (χ4v) is 4.24. The number of hydrogen-bond acceptors (Lipinski definition) is 2. The first kappa shape index (κ1) is 15.3. The van der Waals surface area contributed by atoms with Gasteiger partial charge in [-0.1, -0.05) is 31.5 Å². The van der Waals surface area contributed by atoms with Gasteiger partial charge in [0.2, 0.25) is 0 Å². The molecule has 2 aliphatic rings. The average Bonchev–Trinajstić information content (AvgIpc) is 2.92. The van der Waals surface area contributed by atoms with Crippen molar-refractivity contribution in [3.63, 3.8) is 0 Å². The molecule has 0 radical (unpaired) electrons. The van der Waals surface area contributed by atoms with E-state index in [2.05, 4.69) is 27.7 Å². The molecule has 3 rings (SSSR count). The van der Waals surface area contributed by atoms with Gasteiger partial charge in [0.25, 0.3) is 0 Å². The molecule has 0 aromatic heterocycles. The first-order valence-electron chi connectivity index (χ1n) is 7.53. The van der Waals surface area contributed by atoms with Gasteiger partial charge in [-0.2, -0.15) is 0 Å². The summed E-state index contributed by atoms with van der Waals surface area (Å²) in [5, 5.41) is 0.414. The van der Waals surface area contributed by atoms with Crippen LogP contribution in [-0.2, 0) is 15.7 Å². The maximum Gasteiger partial charge on any atom is 0.324 e. The van der Waals surface area contributed by atoms with Crippen LogP contribution in [0.2, 0.25) is 5.02 Å². The lowest BCUT2D eigenvalue weighted by Gasteiger charge is -2.44. The van der Waals surface area contributed by atoms with E-state index < -0.39 is 0 Å². The highest BCUT2D eigenvalue weighted by Gasteiger charge is 2.71. The summed E-state index contributed by atoms with van der Waals surface area (Å²) < 4.78 is 26.4. The van der Waals surface area contributed by atoms with E-state index in [9.17, 15) is 4.39 Å². The van der Waals surface area contributed by atoms with Crippen LogP contribution < -0.4 is 0 Å². The molecule has 1 aliphatic heterocycles. The van der Waals surface area contributed by atoms with Gasteiger partial charge in [-0.25, -0.2) is 4.39 Å². The fraction of sp³-hybridized carbons (Fsp3) is 0.625. The zero-order valence-corrected chi connectivity index (χ0v) is 13.7. The third kappa shape index (κ3) is 2.32. The zero-order valence-electron chi connectivity index (χ0n) is 13.0. The van der Waals surface area contributed by atoms with E-state index >= 15 is 0 Å². The molecule has 21 heavy (non-hydrogen) atoms. The monoisotopic (exact) mass is 310 g/mol. The van der Waals surface area contributed by atoms with E-state index in [0.717, 1.165) is 0 Å². The van der Waals surface area contributed by atoms with Gasteiger partial charge in [-0.15, -0.1) is 0 Å². The Morgan fingerprint density at radius 3 is 2.52 bits per heavy atom. The van der Waals surface area contributed by atoms with Crippen LogP contribution in [0.4, 0.5) is 4.39 Å². The van der Waals surface area contributed by atoms with Gasteiger partial charge in [0.1, 0.15) is 5.82 Å². The van der Waals surface area contributed by atoms with E-state index in [-0.39, 0.29) is 23.9 Å². The molecule has 3 atom stereocenters. The molecule has 1 aromatic rings. The zero-order chi connectivity index (χ0) is 15.4. The van der Waals surface area contributed by atoms with Crippen LogP contribution in [0, 0.1) is 17.7 Å². The predicted octanol–water partition coefficient (Wildman–Crippen LogP) is 3.94. The van der Waals surface area contributed by atoms with Crippen LogP contribution >= 0.6 is 11.6 Å². The second kappa shape index (κ2) is 4.97. The van der Waals surface area contributed by atoms with Crippen molar-refractivity contribution in [1.29, 1.82) is 0 Å². The van der Waals surface area contributed by atoms with Crippen molar-refractivity contribution in [2.24, 2.45) is 11.8 Å². The fourth-order valence-electron chi connectivity index (χ4n) is 4.08. The van der Waals surface area contributed by atoms with Crippen LogP contribution in [0.3, 0.4) is 0 Å². The third-order valence-electron chi connectivity index (χ3n) is 5.37. The summed E-state index contributed by atoms with van der Waals surface area (Å²) in [6.45, 7) is 8.96. The van der Waals surface area contributed by atoms with Gasteiger partial charge in [-0.05, 0) is 49.7 Å². The van der Waals surface area contributed by atoms with Gasteiger partial charge >= 0.3 is 6.92 Å². The molecule has 1 aliphatic carbocycles. The van der Waals surface area contributed by atoms with Crippen molar-refractivity contribution in [2.45, 2.75) is 45.2 Å². The van der Waals surface area contributed by atoms with Crippen molar-refractivity contribution in [2.75, 3.05) is 6.51 Å². The maximum atomic E-state index is 13.9. The molecule has 1 heterocycles. The molecule has 1 saturated carbocycles. The van der Waals surface area contributed by atoms with Crippen LogP contribution in [0.5, 0.6) is 0 Å². The highest BCUT2D eigenvalue weighted by Crippen LogP contribution is 2.61. The largest absolute Gasteiger partial charge is 0.425 e. The summed E-state index contributed by atoms with van der Waals surface area (Å²) in [6.07, 6.45) is 0.505. The number of halogens is 2. The lowest BCUT2D eigenvalue weighted by molar-refractivity contribution is -0.129. The van der Waals surface area contributed by atoms with E-state index in [0.29, 0.717) is 35.2 Å². The Labute approximate surface area is 131 Å². The summed E-state index contributed by atoms with van der Waals surface area (Å²) in [5.74, 6) is 0.721. The van der Waals surface area contributed by atoms with E-state index in [4.69, 9.17) is 21.0 Å². The second-order valence-corrected chi connectivity index (χ2v) is 7.31. The summed E-state index contributed by atoms with van der Waals surface area (Å²) in [5.41, 5.74) is 0.0938. The Balaban J connectivity index is 1.73. The molecule has 114 valence electrons. The van der Waals surface area contributed by atoms with Gasteiger partial charge < -0.3 is 9.39 Å². The smallest absolute Gasteiger partial charge is 0.324 e. The maximum absolute atomic E-state index is 13.9. The molecule has 1 aromatic carbocycles. The first-order valence-corrected chi connectivity index (χ1v) is 7.91. The number of ether oxygens (including phenoxy) is 1. The van der Waals surface area contributed by atoms with Crippen molar-refractivity contribution in [3.8, 4) is 0 Å². The number of rotatable bonds is 2. The van der Waals surface area contributed by atoms with Crippen molar-refractivity contribution >= 4 is 18.5 Å². The molecular weight excluding hydrogens is 289 g/mol. The quantitative estimate of drug-likeness (QED) is 0.770. The van der Waals surface area contributed by atoms with Crippen molar-refractivity contribution in [3.05, 3.63) is 34.6 Å². The van der Waals surface area contributed by atoms with Gasteiger partial charge in [-0.3, -0.25) is 0 Å². The summed E-state index contributed by atoms with van der Waals surface area (Å²) in [7, 11) is 0.